The molecule has 0 radical (unpaired) electrons. The maximum atomic E-state index is 13.3. The summed E-state index contributed by atoms with van der Waals surface area (Å²) >= 11 is 1.29. The number of aromatic nitrogens is 1. The lowest BCUT2D eigenvalue weighted by Crippen LogP contribution is -2.28. The Morgan fingerprint density at radius 2 is 1.77 bits per heavy atom. The molecular formula is C18H12F3N3OS. The van der Waals surface area contributed by atoms with Crippen molar-refractivity contribution in [1.82, 2.24) is 4.98 Å². The van der Waals surface area contributed by atoms with E-state index in [0.717, 1.165) is 21.2 Å². The minimum Gasteiger partial charge on any atom is -0.510 e. The number of nitrogens with one attached hydrogen (secondary N) is 1. The van der Waals surface area contributed by atoms with Gasteiger partial charge in [0.15, 0.2) is 0 Å². The summed E-state index contributed by atoms with van der Waals surface area (Å²) in [5, 5.41) is 19.1. The number of hydrogen-bond acceptors (Lipinski definition) is 4. The molecule has 0 atom stereocenters. The molecule has 0 spiro atoms. The Balaban J connectivity index is 1.76. The van der Waals surface area contributed by atoms with Crippen LogP contribution >= 0.6 is 11.3 Å². The molecule has 0 aliphatic carbocycles. The zero-order valence-electron chi connectivity index (χ0n) is 13.2. The van der Waals surface area contributed by atoms with Crippen molar-refractivity contribution in [3.05, 3.63) is 64.9 Å². The van der Waals surface area contributed by atoms with E-state index in [1.54, 1.807) is 0 Å². The van der Waals surface area contributed by atoms with Gasteiger partial charge < -0.3 is 10.0 Å². The number of alkyl halides is 3. The summed E-state index contributed by atoms with van der Waals surface area (Å²) in [5.41, 5.74) is -0.117. The summed E-state index contributed by atoms with van der Waals surface area (Å²) in [6, 6.07) is 12.4. The lowest BCUT2D eigenvalue weighted by molar-refractivity contribution is -0.137. The molecule has 0 saturated heterocycles. The number of fused-ring (bicyclic) bond motifs is 1. The number of hydrogen-bond donors (Lipinski definition) is 2. The Labute approximate surface area is 150 Å². The second-order valence-electron chi connectivity index (χ2n) is 5.76. The maximum Gasteiger partial charge on any atom is 0.418 e. The number of rotatable bonds is 2. The molecular weight excluding hydrogens is 363 g/mol. The van der Waals surface area contributed by atoms with E-state index in [1.807, 2.05) is 24.3 Å². The van der Waals surface area contributed by atoms with Crippen LogP contribution in [0, 0.1) is 5.41 Å². The fourth-order valence-electron chi connectivity index (χ4n) is 2.94. The third kappa shape index (κ3) is 2.62. The van der Waals surface area contributed by atoms with Crippen molar-refractivity contribution in [2.24, 2.45) is 0 Å². The Morgan fingerprint density at radius 1 is 1.08 bits per heavy atom. The van der Waals surface area contributed by atoms with Crippen LogP contribution < -0.4 is 4.90 Å². The Hall–Kier alpha value is -2.87. The molecule has 4 rings (SSSR count). The molecule has 0 amide bonds. The van der Waals surface area contributed by atoms with Gasteiger partial charge in [0.25, 0.3) is 0 Å². The summed E-state index contributed by atoms with van der Waals surface area (Å²) in [4.78, 5) is 5.56. The van der Waals surface area contributed by atoms with Gasteiger partial charge in [-0.3, -0.25) is 5.41 Å². The van der Waals surface area contributed by atoms with Crippen LogP contribution in [0.2, 0.25) is 0 Å². The van der Waals surface area contributed by atoms with Gasteiger partial charge in [0.2, 0.25) is 0 Å². The van der Waals surface area contributed by atoms with Gasteiger partial charge in [0.1, 0.15) is 16.6 Å². The molecule has 26 heavy (non-hydrogen) atoms. The van der Waals surface area contributed by atoms with Gasteiger partial charge >= 0.3 is 6.18 Å². The molecule has 8 heteroatoms. The highest BCUT2D eigenvalue weighted by molar-refractivity contribution is 7.19. The first-order valence-corrected chi connectivity index (χ1v) is 8.48. The number of benzene rings is 2. The number of para-hydroxylation sites is 2. The van der Waals surface area contributed by atoms with Gasteiger partial charge in [-0.2, -0.15) is 13.2 Å². The standard InChI is InChI=1S/C18H12F3N3OS/c19-18(20,21)10-5-1-3-7-12(10)24-9-13(25)15(16(24)22)17-23-11-6-2-4-8-14(11)26-17/h1-8,22,25H,9H2. The average molecular weight is 375 g/mol. The summed E-state index contributed by atoms with van der Waals surface area (Å²) in [6.45, 7) is -0.197. The van der Waals surface area contributed by atoms with Crippen molar-refractivity contribution in [3.8, 4) is 0 Å². The van der Waals surface area contributed by atoms with Crippen LogP contribution in [-0.2, 0) is 6.18 Å². The molecule has 2 N–H and O–H groups in total. The number of anilines is 1. The van der Waals surface area contributed by atoms with E-state index in [9.17, 15) is 18.3 Å². The van der Waals surface area contributed by atoms with Crippen LogP contribution in [0.1, 0.15) is 10.6 Å². The van der Waals surface area contributed by atoms with Crippen LogP contribution in [0.4, 0.5) is 18.9 Å². The summed E-state index contributed by atoms with van der Waals surface area (Å²) in [6.07, 6.45) is -4.55. The fourth-order valence-corrected chi connectivity index (χ4v) is 3.97. The number of halogens is 3. The van der Waals surface area contributed by atoms with Crippen LogP contribution in [0.25, 0.3) is 15.8 Å². The van der Waals surface area contributed by atoms with Crippen LogP contribution in [0.5, 0.6) is 0 Å². The van der Waals surface area contributed by atoms with Gasteiger partial charge in [0.05, 0.1) is 33.6 Å². The van der Waals surface area contributed by atoms with Gasteiger partial charge in [-0.1, -0.05) is 24.3 Å². The zero-order chi connectivity index (χ0) is 18.5. The summed E-state index contributed by atoms with van der Waals surface area (Å²) in [5.74, 6) is -0.357. The molecule has 4 nitrogen and oxygen atoms in total. The van der Waals surface area contributed by atoms with Crippen molar-refractivity contribution in [3.63, 3.8) is 0 Å². The molecule has 1 aromatic heterocycles. The van der Waals surface area contributed by atoms with Gasteiger partial charge in [-0.25, -0.2) is 4.98 Å². The summed E-state index contributed by atoms with van der Waals surface area (Å²) < 4.78 is 40.8. The minimum atomic E-state index is -4.55. The Kier molecular flexibility index (Phi) is 3.73. The molecule has 2 aromatic carbocycles. The van der Waals surface area contributed by atoms with Crippen molar-refractivity contribution in [2.45, 2.75) is 6.18 Å². The molecule has 132 valence electrons. The SMILES string of the molecule is N=C1C(c2nc3ccccc3s2)=C(O)CN1c1ccccc1C(F)(F)F. The molecule has 2 heterocycles. The Bertz CT molecular complexity index is 1020. The van der Waals surface area contributed by atoms with E-state index in [2.05, 4.69) is 4.98 Å². The lowest BCUT2D eigenvalue weighted by atomic mass is 10.1. The van der Waals surface area contributed by atoms with Crippen LogP contribution in [0.3, 0.4) is 0 Å². The third-order valence-corrected chi connectivity index (χ3v) is 5.17. The Morgan fingerprint density at radius 3 is 2.50 bits per heavy atom. The van der Waals surface area contributed by atoms with Gasteiger partial charge in [-0.15, -0.1) is 11.3 Å². The van der Waals surface area contributed by atoms with Gasteiger partial charge in [0, 0.05) is 0 Å². The zero-order valence-corrected chi connectivity index (χ0v) is 14.0. The van der Waals surface area contributed by atoms with Gasteiger partial charge in [-0.05, 0) is 24.3 Å². The monoisotopic (exact) mass is 375 g/mol. The first-order valence-electron chi connectivity index (χ1n) is 7.67. The number of nitrogens with zero attached hydrogens (tertiary/aromatic N) is 2. The number of aliphatic hydroxyl groups excluding tert-OH is 1. The average Bonchev–Trinajstić information content (AvgIpc) is 3.14. The van der Waals surface area contributed by atoms with Crippen molar-refractivity contribution in [1.29, 1.82) is 5.41 Å². The minimum absolute atomic E-state index is 0.160. The predicted octanol–water partition coefficient (Wildman–Crippen LogP) is 5.08. The smallest absolute Gasteiger partial charge is 0.418 e. The molecule has 1 aliphatic heterocycles. The van der Waals surface area contributed by atoms with Crippen LogP contribution in [0.15, 0.2) is 54.3 Å². The quantitative estimate of drug-likeness (QED) is 0.657. The predicted molar refractivity (Wildman–Crippen MR) is 95.7 cm³/mol. The molecule has 0 saturated carbocycles. The first-order chi connectivity index (χ1) is 12.4. The van der Waals surface area contributed by atoms with E-state index in [4.69, 9.17) is 5.41 Å². The highest BCUT2D eigenvalue weighted by atomic mass is 32.1. The molecule has 0 bridgehead atoms. The van der Waals surface area contributed by atoms with E-state index >= 15 is 0 Å². The molecule has 1 aliphatic rings. The maximum absolute atomic E-state index is 13.3. The molecule has 0 unspecified atom stereocenters. The largest absolute Gasteiger partial charge is 0.510 e. The molecule has 0 fully saturated rings. The normalized spacial score (nSPS) is 15.3. The second kappa shape index (κ2) is 5.84. The third-order valence-electron chi connectivity index (χ3n) is 4.11. The fraction of sp³-hybridized carbons (Fsp3) is 0.111. The number of amidine groups is 1. The van der Waals surface area contributed by atoms with Crippen LogP contribution in [-0.4, -0.2) is 22.5 Å². The van der Waals surface area contributed by atoms with Crippen molar-refractivity contribution < 1.29 is 18.3 Å². The van der Waals surface area contributed by atoms with E-state index in [1.165, 1.54) is 29.5 Å². The van der Waals surface area contributed by atoms with Crippen molar-refractivity contribution >= 4 is 38.6 Å². The summed E-state index contributed by atoms with van der Waals surface area (Å²) in [7, 11) is 0. The number of thiazole rings is 1. The molecule has 3 aromatic rings. The van der Waals surface area contributed by atoms with E-state index < -0.39 is 11.7 Å². The highest BCUT2D eigenvalue weighted by Gasteiger charge is 2.38. The van der Waals surface area contributed by atoms with E-state index in [-0.39, 0.29) is 29.4 Å². The number of aliphatic hydroxyl groups is 1. The van der Waals surface area contributed by atoms with Crippen molar-refractivity contribution in [2.75, 3.05) is 11.4 Å². The van der Waals surface area contributed by atoms with E-state index in [0.29, 0.717) is 5.01 Å². The second-order valence-corrected chi connectivity index (χ2v) is 6.79. The first kappa shape index (κ1) is 16.6. The lowest BCUT2D eigenvalue weighted by Gasteiger charge is -2.23. The topological polar surface area (TPSA) is 60.2 Å². The highest BCUT2D eigenvalue weighted by Crippen LogP contribution is 2.40.